The summed E-state index contributed by atoms with van der Waals surface area (Å²) in [4.78, 5) is 26.3. The van der Waals surface area contributed by atoms with Crippen LogP contribution in [-0.4, -0.2) is 34.8 Å². The minimum Gasteiger partial charge on any atom is -0.342 e. The monoisotopic (exact) mass is 272 g/mol. The second-order valence-corrected chi connectivity index (χ2v) is 4.74. The molecule has 0 bridgehead atoms. The van der Waals surface area contributed by atoms with Crippen LogP contribution in [0, 0.1) is 0 Å². The third kappa shape index (κ3) is 2.39. The van der Waals surface area contributed by atoms with Gasteiger partial charge < -0.3 is 10.2 Å². The van der Waals surface area contributed by atoms with Gasteiger partial charge in [0.15, 0.2) is 0 Å². The van der Waals surface area contributed by atoms with Gasteiger partial charge in [-0.25, -0.2) is 0 Å². The van der Waals surface area contributed by atoms with Crippen LogP contribution in [0.25, 0.3) is 0 Å². The molecule has 0 radical (unpaired) electrons. The minimum absolute atomic E-state index is 0.0180. The second-order valence-electron chi connectivity index (χ2n) is 4.48. The predicted molar refractivity (Wildman–Crippen MR) is 72.2 cm³/mol. The average molecular weight is 273 g/mol. The standard InChI is InChI=1S/C13H21ClN2O2/c1-4-10-11(17)16(9-7-8-14)13(5-2,6-3)12(18)15-10/h7-8,10H,4-6,9H2,1-3H3,(H,15,18)/b8-7+. The van der Waals surface area contributed by atoms with Crippen molar-refractivity contribution in [1.82, 2.24) is 10.2 Å². The Morgan fingerprint density at radius 2 is 1.94 bits per heavy atom. The summed E-state index contributed by atoms with van der Waals surface area (Å²) in [5.41, 5.74) is 0.649. The molecule has 1 heterocycles. The summed E-state index contributed by atoms with van der Waals surface area (Å²) in [7, 11) is 0. The molecule has 0 aromatic heterocycles. The van der Waals surface area contributed by atoms with Crippen LogP contribution in [0.4, 0.5) is 0 Å². The highest BCUT2D eigenvalue weighted by molar-refractivity contribution is 6.25. The van der Waals surface area contributed by atoms with Crippen molar-refractivity contribution in [1.29, 1.82) is 0 Å². The molecule has 1 atom stereocenters. The first-order valence-corrected chi connectivity index (χ1v) is 6.88. The first kappa shape index (κ1) is 15.0. The Morgan fingerprint density at radius 3 is 2.39 bits per heavy atom. The maximum atomic E-state index is 12.4. The van der Waals surface area contributed by atoms with E-state index in [4.69, 9.17) is 11.6 Å². The lowest BCUT2D eigenvalue weighted by atomic mass is 9.85. The van der Waals surface area contributed by atoms with Crippen LogP contribution in [0.2, 0.25) is 0 Å². The summed E-state index contributed by atoms with van der Waals surface area (Å²) < 4.78 is 0. The minimum atomic E-state index is -0.737. The van der Waals surface area contributed by atoms with E-state index < -0.39 is 11.6 Å². The molecule has 1 saturated heterocycles. The van der Waals surface area contributed by atoms with Crippen LogP contribution in [-0.2, 0) is 9.59 Å². The Bertz CT molecular complexity index is 351. The lowest BCUT2D eigenvalue weighted by molar-refractivity contribution is -0.157. The van der Waals surface area contributed by atoms with Gasteiger partial charge in [-0.15, -0.1) is 0 Å². The lowest BCUT2D eigenvalue weighted by Gasteiger charge is -2.47. The van der Waals surface area contributed by atoms with Crippen molar-refractivity contribution in [3.8, 4) is 0 Å². The van der Waals surface area contributed by atoms with Gasteiger partial charge in [-0.3, -0.25) is 9.59 Å². The Balaban J connectivity index is 3.12. The van der Waals surface area contributed by atoms with Crippen LogP contribution >= 0.6 is 11.6 Å². The third-order valence-corrected chi connectivity index (χ3v) is 3.94. The van der Waals surface area contributed by atoms with Gasteiger partial charge in [0.1, 0.15) is 11.6 Å². The number of carbonyl (C=O) groups is 2. The Kier molecular flexibility index (Phi) is 5.20. The number of nitrogens with zero attached hydrogens (tertiary/aromatic N) is 1. The Labute approximate surface area is 113 Å². The van der Waals surface area contributed by atoms with Crippen molar-refractivity contribution in [2.45, 2.75) is 51.6 Å². The molecule has 0 aromatic rings. The molecule has 0 aromatic carbocycles. The number of hydrogen-bond acceptors (Lipinski definition) is 2. The molecule has 0 aliphatic carbocycles. The van der Waals surface area contributed by atoms with E-state index in [1.165, 1.54) is 5.54 Å². The topological polar surface area (TPSA) is 49.4 Å². The summed E-state index contributed by atoms with van der Waals surface area (Å²) in [5, 5.41) is 2.83. The summed E-state index contributed by atoms with van der Waals surface area (Å²) >= 11 is 5.54. The number of nitrogens with one attached hydrogen (secondary N) is 1. The molecule has 1 N–H and O–H groups in total. The molecule has 102 valence electrons. The molecule has 1 rings (SSSR count). The summed E-state index contributed by atoms with van der Waals surface area (Å²) in [5.74, 6) is -0.0718. The highest BCUT2D eigenvalue weighted by Crippen LogP contribution is 2.29. The van der Waals surface area contributed by atoms with E-state index in [2.05, 4.69) is 5.32 Å². The van der Waals surface area contributed by atoms with E-state index in [-0.39, 0.29) is 11.8 Å². The fourth-order valence-electron chi connectivity index (χ4n) is 2.52. The first-order chi connectivity index (χ1) is 8.57. The van der Waals surface area contributed by atoms with Crippen molar-refractivity contribution in [2.75, 3.05) is 6.54 Å². The van der Waals surface area contributed by atoms with Crippen LogP contribution in [0.5, 0.6) is 0 Å². The zero-order valence-corrected chi connectivity index (χ0v) is 12.0. The number of amides is 2. The molecular formula is C13H21ClN2O2. The quantitative estimate of drug-likeness (QED) is 0.833. The Morgan fingerprint density at radius 1 is 1.33 bits per heavy atom. The molecule has 4 nitrogen and oxygen atoms in total. The zero-order valence-electron chi connectivity index (χ0n) is 11.2. The van der Waals surface area contributed by atoms with Gasteiger partial charge in [0.25, 0.3) is 0 Å². The van der Waals surface area contributed by atoms with Gasteiger partial charge in [-0.1, -0.05) is 38.4 Å². The lowest BCUT2D eigenvalue weighted by Crippen LogP contribution is -2.70. The zero-order chi connectivity index (χ0) is 13.8. The summed E-state index contributed by atoms with van der Waals surface area (Å²) in [6.07, 6.45) is 3.52. The van der Waals surface area contributed by atoms with Crippen molar-refractivity contribution in [3.05, 3.63) is 11.6 Å². The largest absolute Gasteiger partial charge is 0.342 e. The molecule has 0 spiro atoms. The molecule has 1 fully saturated rings. The second kappa shape index (κ2) is 6.23. The van der Waals surface area contributed by atoms with Crippen molar-refractivity contribution in [2.24, 2.45) is 0 Å². The molecule has 1 aliphatic heterocycles. The number of piperazine rings is 1. The number of hydrogen-bond donors (Lipinski definition) is 1. The molecule has 2 amide bonds. The molecule has 0 saturated carbocycles. The van der Waals surface area contributed by atoms with Gasteiger partial charge in [0, 0.05) is 12.1 Å². The maximum absolute atomic E-state index is 12.4. The highest BCUT2D eigenvalue weighted by atomic mass is 35.5. The predicted octanol–water partition coefficient (Wildman–Crippen LogP) is 2.03. The average Bonchev–Trinajstić information content (AvgIpc) is 2.39. The van der Waals surface area contributed by atoms with E-state index in [9.17, 15) is 9.59 Å². The maximum Gasteiger partial charge on any atom is 0.246 e. The van der Waals surface area contributed by atoms with Gasteiger partial charge in [0.2, 0.25) is 11.8 Å². The van der Waals surface area contributed by atoms with Gasteiger partial charge >= 0.3 is 0 Å². The molecule has 1 aliphatic rings. The van der Waals surface area contributed by atoms with Crippen molar-refractivity contribution >= 4 is 23.4 Å². The fourth-order valence-corrected chi connectivity index (χ4v) is 2.60. The smallest absolute Gasteiger partial charge is 0.246 e. The van der Waals surface area contributed by atoms with Crippen LogP contribution < -0.4 is 5.32 Å². The fraction of sp³-hybridized carbons (Fsp3) is 0.692. The molecular weight excluding hydrogens is 252 g/mol. The van der Waals surface area contributed by atoms with E-state index in [1.807, 2.05) is 20.8 Å². The SMILES string of the molecule is CCC1NC(=O)C(CC)(CC)N(C/C=C/Cl)C1=O. The van der Waals surface area contributed by atoms with E-state index in [0.29, 0.717) is 25.8 Å². The van der Waals surface area contributed by atoms with Gasteiger partial charge in [-0.2, -0.15) is 0 Å². The van der Waals surface area contributed by atoms with Crippen LogP contribution in [0.3, 0.4) is 0 Å². The summed E-state index contributed by atoms with van der Waals surface area (Å²) in [6, 6.07) is -0.410. The number of carbonyl (C=O) groups excluding carboxylic acids is 2. The van der Waals surface area contributed by atoms with Gasteiger partial charge in [-0.05, 0) is 19.3 Å². The molecule has 1 unspecified atom stereocenters. The van der Waals surface area contributed by atoms with Crippen LogP contribution in [0.1, 0.15) is 40.0 Å². The Hall–Kier alpha value is -1.03. The van der Waals surface area contributed by atoms with E-state index in [1.54, 1.807) is 11.0 Å². The first-order valence-electron chi connectivity index (χ1n) is 6.45. The van der Waals surface area contributed by atoms with Crippen molar-refractivity contribution in [3.63, 3.8) is 0 Å². The normalized spacial score (nSPS) is 23.6. The number of rotatable bonds is 5. The van der Waals surface area contributed by atoms with E-state index in [0.717, 1.165) is 0 Å². The van der Waals surface area contributed by atoms with E-state index >= 15 is 0 Å². The summed E-state index contributed by atoms with van der Waals surface area (Å²) in [6.45, 7) is 6.14. The van der Waals surface area contributed by atoms with Crippen LogP contribution in [0.15, 0.2) is 11.6 Å². The highest BCUT2D eigenvalue weighted by Gasteiger charge is 2.49. The third-order valence-electron chi connectivity index (χ3n) is 3.76. The molecule has 5 heteroatoms. The number of halogens is 1. The van der Waals surface area contributed by atoms with Crippen molar-refractivity contribution < 1.29 is 9.59 Å². The molecule has 18 heavy (non-hydrogen) atoms. The van der Waals surface area contributed by atoms with Gasteiger partial charge in [0.05, 0.1) is 0 Å².